The van der Waals surface area contributed by atoms with Crippen molar-refractivity contribution in [2.75, 3.05) is 13.2 Å². The summed E-state index contributed by atoms with van der Waals surface area (Å²) in [6.45, 7) is 0.521. The van der Waals surface area contributed by atoms with Crippen molar-refractivity contribution in [3.05, 3.63) is 27.4 Å². The van der Waals surface area contributed by atoms with Crippen LogP contribution in [0.15, 0.2) is 4.79 Å². The van der Waals surface area contributed by atoms with E-state index < -0.39 is 13.0 Å². The largest absolute Gasteiger partial charge is 0.376 e. The first-order valence-corrected chi connectivity index (χ1v) is 5.34. The molecule has 2 N–H and O–H groups in total. The van der Waals surface area contributed by atoms with E-state index in [0.29, 0.717) is 30.1 Å². The van der Waals surface area contributed by atoms with Crippen molar-refractivity contribution < 1.29 is 13.5 Å². The summed E-state index contributed by atoms with van der Waals surface area (Å²) in [4.78, 5) is 18.4. The van der Waals surface area contributed by atoms with Crippen LogP contribution in [0.3, 0.4) is 0 Å². The van der Waals surface area contributed by atoms with Crippen LogP contribution in [0.2, 0.25) is 0 Å². The van der Waals surface area contributed by atoms with Gasteiger partial charge in [-0.25, -0.2) is 13.8 Å². The Morgan fingerprint density at radius 3 is 3.00 bits per heavy atom. The molecular formula is C10H14ClF2N3O2. The van der Waals surface area contributed by atoms with Gasteiger partial charge in [0, 0.05) is 6.42 Å². The summed E-state index contributed by atoms with van der Waals surface area (Å²) >= 11 is 0. The van der Waals surface area contributed by atoms with E-state index in [1.165, 1.54) is 0 Å². The number of hydrogen-bond acceptors (Lipinski definition) is 4. The summed E-state index contributed by atoms with van der Waals surface area (Å²) in [6, 6.07) is 0. The van der Waals surface area contributed by atoms with Crippen LogP contribution in [-0.4, -0.2) is 29.5 Å². The van der Waals surface area contributed by atoms with Crippen LogP contribution < -0.4 is 10.9 Å². The Hall–Kier alpha value is -1.05. The molecule has 0 unspecified atom stereocenters. The second kappa shape index (κ2) is 6.77. The van der Waals surface area contributed by atoms with Crippen molar-refractivity contribution in [3.63, 3.8) is 0 Å². The summed E-state index contributed by atoms with van der Waals surface area (Å²) in [5.74, 6) is 0.385. The number of halogens is 3. The summed E-state index contributed by atoms with van der Waals surface area (Å²) in [5.41, 5.74) is 0.992. The number of hydrogen-bond donors (Lipinski definition) is 2. The maximum Gasteiger partial charge on any atom is 0.256 e. The van der Waals surface area contributed by atoms with Gasteiger partial charge in [0.15, 0.2) is 0 Å². The topological polar surface area (TPSA) is 67.0 Å². The molecule has 2 rings (SSSR count). The summed E-state index contributed by atoms with van der Waals surface area (Å²) in [5, 5.41) is 2.52. The monoisotopic (exact) mass is 281 g/mol. The zero-order valence-corrected chi connectivity index (χ0v) is 10.4. The smallest absolute Gasteiger partial charge is 0.256 e. The standard InChI is InChI=1S/C10H13F2N3O2.ClH/c11-8(12)3-13-4-9-14-7-1-2-17-5-6(7)10(16)15-9;/h8,13H,1-5H2,(H,14,15,16);1H. The Morgan fingerprint density at radius 1 is 1.50 bits per heavy atom. The molecule has 0 aromatic carbocycles. The Balaban J connectivity index is 0.00000162. The maximum atomic E-state index is 11.9. The lowest BCUT2D eigenvalue weighted by Gasteiger charge is -2.15. The molecule has 2 heterocycles. The van der Waals surface area contributed by atoms with Crippen LogP contribution in [0.25, 0.3) is 0 Å². The number of alkyl halides is 2. The average molecular weight is 282 g/mol. The third-order valence-electron chi connectivity index (χ3n) is 2.47. The van der Waals surface area contributed by atoms with Crippen LogP contribution in [0.1, 0.15) is 17.1 Å². The lowest BCUT2D eigenvalue weighted by atomic mass is 10.1. The zero-order chi connectivity index (χ0) is 12.3. The number of nitrogens with one attached hydrogen (secondary N) is 2. The van der Waals surface area contributed by atoms with Gasteiger partial charge in [-0.15, -0.1) is 12.4 Å². The minimum absolute atomic E-state index is 0. The van der Waals surface area contributed by atoms with Crippen molar-refractivity contribution in [1.29, 1.82) is 0 Å². The predicted molar refractivity (Wildman–Crippen MR) is 63.2 cm³/mol. The molecule has 1 aliphatic rings. The Morgan fingerprint density at radius 2 is 2.28 bits per heavy atom. The summed E-state index contributed by atoms with van der Waals surface area (Å²) in [6.07, 6.45) is -1.83. The molecule has 8 heteroatoms. The molecule has 0 radical (unpaired) electrons. The van der Waals surface area contributed by atoms with Crippen LogP contribution in [0, 0.1) is 0 Å². The Kier molecular flexibility index (Phi) is 5.64. The van der Waals surface area contributed by atoms with Gasteiger partial charge in [0.25, 0.3) is 12.0 Å². The third-order valence-corrected chi connectivity index (χ3v) is 2.47. The number of aromatic amines is 1. The number of nitrogens with zero attached hydrogens (tertiary/aromatic N) is 1. The van der Waals surface area contributed by atoms with Crippen molar-refractivity contribution in [2.24, 2.45) is 0 Å². The summed E-state index contributed by atoms with van der Waals surface area (Å²) < 4.78 is 29.0. The number of rotatable bonds is 4. The highest BCUT2D eigenvalue weighted by Gasteiger charge is 2.15. The van der Waals surface area contributed by atoms with E-state index in [2.05, 4.69) is 15.3 Å². The second-order valence-electron chi connectivity index (χ2n) is 3.76. The molecular weight excluding hydrogens is 268 g/mol. The normalized spacial score (nSPS) is 14.2. The van der Waals surface area contributed by atoms with Gasteiger partial charge in [-0.2, -0.15) is 0 Å². The van der Waals surface area contributed by atoms with E-state index in [1.54, 1.807) is 0 Å². The molecule has 5 nitrogen and oxygen atoms in total. The second-order valence-corrected chi connectivity index (χ2v) is 3.76. The van der Waals surface area contributed by atoms with E-state index in [4.69, 9.17) is 4.74 Å². The van der Waals surface area contributed by atoms with Gasteiger partial charge in [-0.1, -0.05) is 0 Å². The lowest BCUT2D eigenvalue weighted by Crippen LogP contribution is -2.28. The van der Waals surface area contributed by atoms with Crippen molar-refractivity contribution >= 4 is 12.4 Å². The lowest BCUT2D eigenvalue weighted by molar-refractivity contribution is 0.107. The fourth-order valence-electron chi connectivity index (χ4n) is 1.68. The van der Waals surface area contributed by atoms with E-state index in [0.717, 1.165) is 0 Å². The van der Waals surface area contributed by atoms with Gasteiger partial charge in [0.2, 0.25) is 0 Å². The highest BCUT2D eigenvalue weighted by Crippen LogP contribution is 2.09. The van der Waals surface area contributed by atoms with Gasteiger partial charge in [0.05, 0.1) is 37.6 Å². The Bertz CT molecular complexity index is 453. The fraction of sp³-hybridized carbons (Fsp3) is 0.600. The Labute approximate surface area is 108 Å². The van der Waals surface area contributed by atoms with E-state index >= 15 is 0 Å². The van der Waals surface area contributed by atoms with E-state index in [1.807, 2.05) is 0 Å². The van der Waals surface area contributed by atoms with E-state index in [9.17, 15) is 13.6 Å². The van der Waals surface area contributed by atoms with E-state index in [-0.39, 0.29) is 31.1 Å². The van der Waals surface area contributed by atoms with Gasteiger partial charge in [0.1, 0.15) is 5.82 Å². The molecule has 1 aliphatic heterocycles. The van der Waals surface area contributed by atoms with Crippen molar-refractivity contribution in [2.45, 2.75) is 26.0 Å². The minimum Gasteiger partial charge on any atom is -0.376 e. The molecule has 0 aliphatic carbocycles. The molecule has 0 amide bonds. The van der Waals surface area contributed by atoms with Crippen LogP contribution >= 0.6 is 12.4 Å². The molecule has 102 valence electrons. The highest BCUT2D eigenvalue weighted by molar-refractivity contribution is 5.85. The first-order chi connectivity index (χ1) is 8.16. The molecule has 1 aromatic rings. The zero-order valence-electron chi connectivity index (χ0n) is 9.54. The molecule has 0 atom stereocenters. The van der Waals surface area contributed by atoms with Crippen molar-refractivity contribution in [1.82, 2.24) is 15.3 Å². The molecule has 0 fully saturated rings. The van der Waals surface area contributed by atoms with Gasteiger partial charge >= 0.3 is 0 Å². The number of aromatic nitrogens is 2. The molecule has 0 bridgehead atoms. The van der Waals surface area contributed by atoms with Gasteiger partial charge in [-0.3, -0.25) is 4.79 Å². The molecule has 0 spiro atoms. The number of H-pyrrole nitrogens is 1. The first-order valence-electron chi connectivity index (χ1n) is 5.34. The molecule has 0 saturated heterocycles. The van der Waals surface area contributed by atoms with Crippen LogP contribution in [0.4, 0.5) is 8.78 Å². The van der Waals surface area contributed by atoms with Gasteiger partial charge in [-0.05, 0) is 0 Å². The highest BCUT2D eigenvalue weighted by atomic mass is 35.5. The van der Waals surface area contributed by atoms with Crippen molar-refractivity contribution in [3.8, 4) is 0 Å². The maximum absolute atomic E-state index is 11.9. The average Bonchev–Trinajstić information content (AvgIpc) is 2.28. The van der Waals surface area contributed by atoms with Crippen LogP contribution in [0.5, 0.6) is 0 Å². The molecule has 0 saturated carbocycles. The minimum atomic E-state index is -2.41. The number of ether oxygens (including phenoxy) is 1. The fourth-order valence-corrected chi connectivity index (χ4v) is 1.68. The molecule has 18 heavy (non-hydrogen) atoms. The predicted octanol–water partition coefficient (Wildman–Crippen LogP) is 0.619. The number of fused-ring (bicyclic) bond motifs is 1. The van der Waals surface area contributed by atoms with Gasteiger partial charge < -0.3 is 15.0 Å². The third kappa shape index (κ3) is 3.72. The quantitative estimate of drug-likeness (QED) is 0.849. The SMILES string of the molecule is Cl.O=c1[nH]c(CNCC(F)F)nc2c1COCC2. The molecule has 1 aromatic heterocycles. The first kappa shape index (κ1) is 15.0. The van der Waals surface area contributed by atoms with Crippen LogP contribution in [-0.2, 0) is 24.3 Å². The summed E-state index contributed by atoms with van der Waals surface area (Å²) in [7, 11) is 0.